The molecule has 0 atom stereocenters. The zero-order chi connectivity index (χ0) is 10.1. The van der Waals surface area contributed by atoms with Crippen LogP contribution in [0.25, 0.3) is 0 Å². The average Bonchev–Trinajstić information content (AvgIpc) is 2.08. The molecular weight excluding hydrogens is 170 g/mol. The zero-order valence-electron chi connectivity index (χ0n) is 7.58. The third kappa shape index (κ3) is 8.59. The summed E-state index contributed by atoms with van der Waals surface area (Å²) in [5.41, 5.74) is 0. The maximum absolute atomic E-state index is 10.9. The molecule has 0 aromatic carbocycles. The third-order valence-electron chi connectivity index (χ3n) is 1.47. The Morgan fingerprint density at radius 3 is 2.62 bits per heavy atom. The Morgan fingerprint density at radius 2 is 2.08 bits per heavy atom. The highest BCUT2D eigenvalue weighted by Gasteiger charge is 1.99. The van der Waals surface area contributed by atoms with Crippen molar-refractivity contribution in [1.29, 1.82) is 0 Å². The number of carbonyl (C=O) groups is 2. The largest absolute Gasteiger partial charge is 0.481 e. The third-order valence-corrected chi connectivity index (χ3v) is 1.47. The molecule has 0 fully saturated rings. The number of nitrogens with one attached hydrogen (secondary N) is 1. The molecule has 0 radical (unpaired) electrons. The molecule has 13 heavy (non-hydrogen) atoms. The van der Waals surface area contributed by atoms with Crippen molar-refractivity contribution in [2.24, 2.45) is 0 Å². The van der Waals surface area contributed by atoms with E-state index in [1.165, 1.54) is 0 Å². The molecule has 4 heteroatoms. The number of carboxylic acid groups (broad SMARTS) is 1. The van der Waals surface area contributed by atoms with E-state index < -0.39 is 5.97 Å². The van der Waals surface area contributed by atoms with Gasteiger partial charge in [0.2, 0.25) is 5.91 Å². The Morgan fingerprint density at radius 1 is 1.38 bits per heavy atom. The molecule has 74 valence electrons. The van der Waals surface area contributed by atoms with Crippen LogP contribution in [0.5, 0.6) is 0 Å². The lowest BCUT2D eigenvalue weighted by Gasteiger charge is -2.01. The molecule has 0 aromatic heterocycles. The monoisotopic (exact) mass is 185 g/mol. The lowest BCUT2D eigenvalue weighted by Crippen LogP contribution is -2.24. The van der Waals surface area contributed by atoms with Crippen LogP contribution in [0, 0.1) is 0 Å². The molecule has 0 saturated heterocycles. The van der Waals surface area contributed by atoms with Gasteiger partial charge in [0.15, 0.2) is 0 Å². The SMILES string of the molecule is C=CCCC(=O)NCCCC(=O)O. The molecule has 0 bridgehead atoms. The smallest absolute Gasteiger partial charge is 0.303 e. The molecule has 0 heterocycles. The van der Waals surface area contributed by atoms with Gasteiger partial charge in [-0.05, 0) is 12.8 Å². The van der Waals surface area contributed by atoms with E-state index in [9.17, 15) is 9.59 Å². The molecule has 0 aliphatic carbocycles. The van der Waals surface area contributed by atoms with Gasteiger partial charge in [-0.15, -0.1) is 6.58 Å². The number of carboxylic acids is 1. The van der Waals surface area contributed by atoms with Crippen LogP contribution in [0.3, 0.4) is 0 Å². The predicted octanol–water partition coefficient (Wildman–Crippen LogP) is 0.934. The van der Waals surface area contributed by atoms with Crippen LogP contribution in [-0.2, 0) is 9.59 Å². The lowest BCUT2D eigenvalue weighted by molar-refractivity contribution is -0.137. The highest BCUT2D eigenvalue weighted by Crippen LogP contribution is 1.90. The van der Waals surface area contributed by atoms with Crippen LogP contribution in [0.4, 0.5) is 0 Å². The summed E-state index contributed by atoms with van der Waals surface area (Å²) in [6, 6.07) is 0. The van der Waals surface area contributed by atoms with Crippen molar-refractivity contribution >= 4 is 11.9 Å². The van der Waals surface area contributed by atoms with E-state index in [2.05, 4.69) is 11.9 Å². The van der Waals surface area contributed by atoms with Crippen molar-refractivity contribution in [3.63, 3.8) is 0 Å². The molecule has 2 N–H and O–H groups in total. The number of hydrogen-bond donors (Lipinski definition) is 2. The Bertz CT molecular complexity index is 189. The number of allylic oxidation sites excluding steroid dienone is 1. The molecular formula is C9H15NO3. The molecule has 4 nitrogen and oxygen atoms in total. The minimum atomic E-state index is -0.833. The molecule has 0 aliphatic heterocycles. The topological polar surface area (TPSA) is 66.4 Å². The molecule has 1 amide bonds. The molecule has 0 saturated carbocycles. The van der Waals surface area contributed by atoms with E-state index in [0.29, 0.717) is 25.8 Å². The first-order valence-electron chi connectivity index (χ1n) is 4.26. The minimum Gasteiger partial charge on any atom is -0.481 e. The highest BCUT2D eigenvalue weighted by atomic mass is 16.4. The van der Waals surface area contributed by atoms with E-state index >= 15 is 0 Å². The van der Waals surface area contributed by atoms with E-state index in [-0.39, 0.29) is 12.3 Å². The fourth-order valence-electron chi connectivity index (χ4n) is 0.789. The van der Waals surface area contributed by atoms with Gasteiger partial charge in [-0.2, -0.15) is 0 Å². The number of aliphatic carboxylic acids is 1. The summed E-state index contributed by atoms with van der Waals surface area (Å²) in [6.07, 6.45) is 3.34. The van der Waals surface area contributed by atoms with Crippen molar-refractivity contribution in [2.75, 3.05) is 6.54 Å². The number of rotatable bonds is 7. The second kappa shape index (κ2) is 7.34. The van der Waals surface area contributed by atoms with Gasteiger partial charge in [0.1, 0.15) is 0 Å². The summed E-state index contributed by atoms with van der Waals surface area (Å²) in [6.45, 7) is 3.93. The van der Waals surface area contributed by atoms with Crippen molar-refractivity contribution in [2.45, 2.75) is 25.7 Å². The zero-order valence-corrected chi connectivity index (χ0v) is 7.58. The summed E-state index contributed by atoms with van der Waals surface area (Å²) in [5, 5.41) is 10.9. The fraction of sp³-hybridized carbons (Fsp3) is 0.556. The Kier molecular flexibility index (Phi) is 6.59. The maximum atomic E-state index is 10.9. The van der Waals surface area contributed by atoms with Crippen LogP contribution in [-0.4, -0.2) is 23.5 Å². The summed E-state index contributed by atoms with van der Waals surface area (Å²) >= 11 is 0. The van der Waals surface area contributed by atoms with Gasteiger partial charge in [-0.25, -0.2) is 0 Å². The van der Waals surface area contributed by atoms with Gasteiger partial charge in [0.25, 0.3) is 0 Å². The molecule has 0 rings (SSSR count). The Hall–Kier alpha value is -1.32. The van der Waals surface area contributed by atoms with Crippen molar-refractivity contribution in [3.05, 3.63) is 12.7 Å². The Balaban J connectivity index is 3.26. The number of hydrogen-bond acceptors (Lipinski definition) is 2. The van der Waals surface area contributed by atoms with E-state index in [1.807, 2.05) is 0 Å². The molecule has 0 unspecified atom stereocenters. The van der Waals surface area contributed by atoms with E-state index in [1.54, 1.807) is 6.08 Å². The van der Waals surface area contributed by atoms with Crippen LogP contribution in [0.15, 0.2) is 12.7 Å². The van der Waals surface area contributed by atoms with Gasteiger partial charge in [0.05, 0.1) is 0 Å². The summed E-state index contributed by atoms with van der Waals surface area (Å²) < 4.78 is 0. The lowest BCUT2D eigenvalue weighted by atomic mass is 10.2. The first kappa shape index (κ1) is 11.7. The maximum Gasteiger partial charge on any atom is 0.303 e. The van der Waals surface area contributed by atoms with Crippen molar-refractivity contribution in [3.8, 4) is 0 Å². The summed E-state index contributed by atoms with van der Waals surface area (Å²) in [4.78, 5) is 21.0. The summed E-state index contributed by atoms with van der Waals surface area (Å²) in [7, 11) is 0. The van der Waals surface area contributed by atoms with Gasteiger partial charge in [0, 0.05) is 19.4 Å². The van der Waals surface area contributed by atoms with Crippen LogP contribution in [0.1, 0.15) is 25.7 Å². The van der Waals surface area contributed by atoms with Gasteiger partial charge in [-0.1, -0.05) is 6.08 Å². The van der Waals surface area contributed by atoms with Crippen LogP contribution >= 0.6 is 0 Å². The van der Waals surface area contributed by atoms with Gasteiger partial charge < -0.3 is 10.4 Å². The first-order valence-corrected chi connectivity index (χ1v) is 4.26. The standard InChI is InChI=1S/C9H15NO3/c1-2-3-5-8(11)10-7-4-6-9(12)13/h2H,1,3-7H2,(H,10,11)(H,12,13). The average molecular weight is 185 g/mol. The van der Waals surface area contributed by atoms with Crippen LogP contribution in [0.2, 0.25) is 0 Å². The fourth-order valence-corrected chi connectivity index (χ4v) is 0.789. The van der Waals surface area contributed by atoms with Gasteiger partial charge >= 0.3 is 5.97 Å². The van der Waals surface area contributed by atoms with E-state index in [0.717, 1.165) is 0 Å². The minimum absolute atomic E-state index is 0.0507. The first-order chi connectivity index (χ1) is 6.16. The van der Waals surface area contributed by atoms with E-state index in [4.69, 9.17) is 5.11 Å². The van der Waals surface area contributed by atoms with Gasteiger partial charge in [-0.3, -0.25) is 9.59 Å². The van der Waals surface area contributed by atoms with Crippen molar-refractivity contribution in [1.82, 2.24) is 5.32 Å². The molecule has 0 aromatic rings. The second-order valence-corrected chi connectivity index (χ2v) is 2.67. The predicted molar refractivity (Wildman–Crippen MR) is 49.3 cm³/mol. The van der Waals surface area contributed by atoms with Crippen LogP contribution < -0.4 is 5.32 Å². The second-order valence-electron chi connectivity index (χ2n) is 2.67. The number of amides is 1. The Labute approximate surface area is 77.6 Å². The highest BCUT2D eigenvalue weighted by molar-refractivity contribution is 5.76. The normalized spacial score (nSPS) is 9.23. The summed E-state index contributed by atoms with van der Waals surface area (Å²) in [5.74, 6) is -0.884. The number of carbonyl (C=O) groups excluding carboxylic acids is 1. The van der Waals surface area contributed by atoms with Crippen molar-refractivity contribution < 1.29 is 14.7 Å². The quantitative estimate of drug-likeness (QED) is 0.458. The molecule has 0 aliphatic rings. The molecule has 0 spiro atoms.